The average molecular weight is 292 g/mol. The number of nitrogens with zero attached hydrogens (tertiary/aromatic N) is 2. The van der Waals surface area contributed by atoms with Gasteiger partial charge in [0, 0.05) is 12.6 Å². The van der Waals surface area contributed by atoms with Crippen molar-refractivity contribution >= 4 is 23.7 Å². The fourth-order valence-electron chi connectivity index (χ4n) is 2.49. The third-order valence-electron chi connectivity index (χ3n) is 3.67. The molecule has 1 heterocycles. The SMILES string of the molecule is CCCCCCCCn1c(S)nc2cc(OC)ccc21. The molecule has 0 bridgehead atoms. The number of methoxy groups -OCH3 is 1. The van der Waals surface area contributed by atoms with Crippen molar-refractivity contribution < 1.29 is 4.74 Å². The van der Waals surface area contributed by atoms with Crippen LogP contribution in [0.15, 0.2) is 23.4 Å². The Hall–Kier alpha value is -1.16. The van der Waals surface area contributed by atoms with Crippen molar-refractivity contribution in [3.05, 3.63) is 18.2 Å². The fourth-order valence-corrected chi connectivity index (χ4v) is 2.81. The smallest absolute Gasteiger partial charge is 0.165 e. The number of benzene rings is 1. The molecule has 0 unspecified atom stereocenters. The van der Waals surface area contributed by atoms with Gasteiger partial charge in [0.2, 0.25) is 0 Å². The van der Waals surface area contributed by atoms with Crippen LogP contribution in [-0.2, 0) is 6.54 Å². The summed E-state index contributed by atoms with van der Waals surface area (Å²) in [7, 11) is 1.68. The number of aromatic nitrogens is 2. The molecule has 0 amide bonds. The third-order valence-corrected chi connectivity index (χ3v) is 4.01. The first-order chi connectivity index (χ1) is 9.76. The Morgan fingerprint density at radius 1 is 1.15 bits per heavy atom. The Bertz CT molecular complexity index is 551. The quantitative estimate of drug-likeness (QED) is 0.564. The number of fused-ring (bicyclic) bond motifs is 1. The van der Waals surface area contributed by atoms with Crippen LogP contribution in [0.1, 0.15) is 45.4 Å². The van der Waals surface area contributed by atoms with E-state index in [0.717, 1.165) is 28.5 Å². The van der Waals surface area contributed by atoms with Crippen molar-refractivity contribution in [3.63, 3.8) is 0 Å². The molecule has 0 radical (unpaired) electrons. The first-order valence-corrected chi connectivity index (χ1v) is 7.94. The van der Waals surface area contributed by atoms with Gasteiger partial charge in [0.25, 0.3) is 0 Å². The zero-order valence-corrected chi connectivity index (χ0v) is 13.3. The average Bonchev–Trinajstić information content (AvgIpc) is 2.77. The molecule has 4 heteroatoms. The zero-order chi connectivity index (χ0) is 14.4. The second kappa shape index (κ2) is 7.58. The monoisotopic (exact) mass is 292 g/mol. The summed E-state index contributed by atoms with van der Waals surface area (Å²) in [5.74, 6) is 0.843. The number of thiol groups is 1. The number of hydrogen-bond donors (Lipinski definition) is 1. The molecule has 0 saturated carbocycles. The van der Waals surface area contributed by atoms with E-state index in [1.165, 1.54) is 38.5 Å². The molecule has 1 aromatic heterocycles. The lowest BCUT2D eigenvalue weighted by molar-refractivity contribution is 0.415. The molecule has 20 heavy (non-hydrogen) atoms. The van der Waals surface area contributed by atoms with Crippen molar-refractivity contribution in [2.24, 2.45) is 0 Å². The summed E-state index contributed by atoms with van der Waals surface area (Å²) in [5, 5.41) is 0.793. The third kappa shape index (κ3) is 3.69. The number of aryl methyl sites for hydroxylation is 1. The molecule has 0 aliphatic carbocycles. The molecule has 0 aliphatic heterocycles. The van der Waals surface area contributed by atoms with Crippen LogP contribution in [0.4, 0.5) is 0 Å². The Balaban J connectivity index is 1.97. The molecule has 0 N–H and O–H groups in total. The second-order valence-electron chi connectivity index (χ2n) is 5.19. The molecule has 1 aromatic carbocycles. The maximum absolute atomic E-state index is 5.23. The molecule has 0 fully saturated rings. The van der Waals surface area contributed by atoms with Crippen LogP contribution >= 0.6 is 12.6 Å². The Labute approximate surface area is 126 Å². The summed E-state index contributed by atoms with van der Waals surface area (Å²) < 4.78 is 7.43. The van der Waals surface area contributed by atoms with Crippen molar-refractivity contribution in [2.45, 2.75) is 57.1 Å². The van der Waals surface area contributed by atoms with Gasteiger partial charge in [-0.2, -0.15) is 0 Å². The van der Waals surface area contributed by atoms with Crippen molar-refractivity contribution in [3.8, 4) is 5.75 Å². The van der Waals surface area contributed by atoms with E-state index in [2.05, 4.69) is 35.2 Å². The molecule has 0 atom stereocenters. The maximum Gasteiger partial charge on any atom is 0.165 e. The first-order valence-electron chi connectivity index (χ1n) is 7.49. The summed E-state index contributed by atoms with van der Waals surface area (Å²) in [5.41, 5.74) is 2.10. The van der Waals surface area contributed by atoms with Gasteiger partial charge in [-0.3, -0.25) is 0 Å². The van der Waals surface area contributed by atoms with E-state index in [1.54, 1.807) is 7.11 Å². The molecular weight excluding hydrogens is 268 g/mol. The highest BCUT2D eigenvalue weighted by Crippen LogP contribution is 2.24. The Morgan fingerprint density at radius 2 is 1.90 bits per heavy atom. The second-order valence-corrected chi connectivity index (χ2v) is 5.59. The largest absolute Gasteiger partial charge is 0.497 e. The van der Waals surface area contributed by atoms with Crippen LogP contribution in [0.25, 0.3) is 11.0 Å². The fraction of sp³-hybridized carbons (Fsp3) is 0.562. The van der Waals surface area contributed by atoms with Gasteiger partial charge in [0.1, 0.15) is 5.75 Å². The normalized spacial score (nSPS) is 11.2. The summed E-state index contributed by atoms with van der Waals surface area (Å²) >= 11 is 4.49. The topological polar surface area (TPSA) is 27.1 Å². The molecule has 110 valence electrons. The minimum atomic E-state index is 0.793. The lowest BCUT2D eigenvalue weighted by atomic mass is 10.1. The molecule has 2 aromatic rings. The minimum Gasteiger partial charge on any atom is -0.497 e. The molecule has 0 spiro atoms. The van der Waals surface area contributed by atoms with Crippen LogP contribution in [0.2, 0.25) is 0 Å². The zero-order valence-electron chi connectivity index (χ0n) is 12.4. The van der Waals surface area contributed by atoms with Crippen LogP contribution in [0, 0.1) is 0 Å². The molecular formula is C16H24N2OS. The summed E-state index contributed by atoms with van der Waals surface area (Å²) in [6.07, 6.45) is 7.81. The summed E-state index contributed by atoms with van der Waals surface area (Å²) in [4.78, 5) is 4.50. The Kier molecular flexibility index (Phi) is 5.77. The highest BCUT2D eigenvalue weighted by atomic mass is 32.1. The lowest BCUT2D eigenvalue weighted by Gasteiger charge is -2.06. The van der Waals surface area contributed by atoms with Gasteiger partial charge in [-0.05, 0) is 18.6 Å². The van der Waals surface area contributed by atoms with Crippen molar-refractivity contribution in [2.75, 3.05) is 7.11 Å². The predicted octanol–water partition coefficient (Wildman–Crippen LogP) is 4.69. The number of unbranched alkanes of at least 4 members (excludes halogenated alkanes) is 5. The summed E-state index contributed by atoms with van der Waals surface area (Å²) in [6, 6.07) is 6.01. The molecule has 0 aliphatic rings. The number of imidazole rings is 1. The molecule has 0 saturated heterocycles. The van der Waals surface area contributed by atoms with Gasteiger partial charge in [-0.15, -0.1) is 12.6 Å². The number of hydrogen-bond acceptors (Lipinski definition) is 3. The summed E-state index contributed by atoms with van der Waals surface area (Å²) in [6.45, 7) is 3.24. The Morgan fingerprint density at radius 3 is 2.65 bits per heavy atom. The van der Waals surface area contributed by atoms with E-state index < -0.39 is 0 Å². The maximum atomic E-state index is 5.23. The van der Waals surface area contributed by atoms with Gasteiger partial charge >= 0.3 is 0 Å². The van der Waals surface area contributed by atoms with E-state index in [1.807, 2.05) is 12.1 Å². The van der Waals surface area contributed by atoms with Gasteiger partial charge in [-0.1, -0.05) is 39.0 Å². The van der Waals surface area contributed by atoms with E-state index in [9.17, 15) is 0 Å². The van der Waals surface area contributed by atoms with Crippen LogP contribution in [0.5, 0.6) is 5.75 Å². The van der Waals surface area contributed by atoms with Crippen molar-refractivity contribution in [1.82, 2.24) is 9.55 Å². The first kappa shape index (κ1) is 15.2. The van der Waals surface area contributed by atoms with E-state index in [0.29, 0.717) is 0 Å². The minimum absolute atomic E-state index is 0.793. The standard InChI is InChI=1S/C16H24N2OS/c1-3-4-5-6-7-8-11-18-15-10-9-13(19-2)12-14(15)17-16(18)20/h9-10,12H,3-8,11H2,1-2H3,(H,17,20). The van der Waals surface area contributed by atoms with Crippen LogP contribution in [0.3, 0.4) is 0 Å². The van der Waals surface area contributed by atoms with Gasteiger partial charge in [0.15, 0.2) is 5.16 Å². The van der Waals surface area contributed by atoms with Gasteiger partial charge < -0.3 is 9.30 Å². The molecule has 3 nitrogen and oxygen atoms in total. The highest BCUT2D eigenvalue weighted by Gasteiger charge is 2.08. The van der Waals surface area contributed by atoms with E-state index in [4.69, 9.17) is 4.74 Å². The lowest BCUT2D eigenvalue weighted by Crippen LogP contribution is -1.98. The van der Waals surface area contributed by atoms with Gasteiger partial charge in [0.05, 0.1) is 18.1 Å². The van der Waals surface area contributed by atoms with Crippen LogP contribution in [-0.4, -0.2) is 16.7 Å². The number of rotatable bonds is 8. The predicted molar refractivity (Wildman–Crippen MR) is 86.9 cm³/mol. The van der Waals surface area contributed by atoms with Crippen LogP contribution < -0.4 is 4.74 Å². The van der Waals surface area contributed by atoms with Gasteiger partial charge in [-0.25, -0.2) is 4.98 Å². The van der Waals surface area contributed by atoms with E-state index in [-0.39, 0.29) is 0 Å². The number of ether oxygens (including phenoxy) is 1. The molecule has 2 rings (SSSR count). The highest BCUT2D eigenvalue weighted by molar-refractivity contribution is 7.80. The van der Waals surface area contributed by atoms with E-state index >= 15 is 0 Å². The van der Waals surface area contributed by atoms with Crippen molar-refractivity contribution in [1.29, 1.82) is 0 Å².